The number of benzene rings is 2. The van der Waals surface area contributed by atoms with Crippen LogP contribution < -0.4 is 5.73 Å². The fourth-order valence-corrected chi connectivity index (χ4v) is 3.11. The summed E-state index contributed by atoms with van der Waals surface area (Å²) < 4.78 is 0. The predicted molar refractivity (Wildman–Crippen MR) is 101 cm³/mol. The van der Waals surface area contributed by atoms with Gasteiger partial charge < -0.3 is 10.6 Å². The lowest BCUT2D eigenvalue weighted by Gasteiger charge is -2.24. The SMILES string of the molecule is Cc1ccc(CN=C(N)[C@@H]2CCC(=O)N2Cc2ccc(C)cc2)cc1. The first-order valence-electron chi connectivity index (χ1n) is 8.73. The fraction of sp³-hybridized carbons (Fsp3) is 0.333. The van der Waals surface area contributed by atoms with E-state index in [1.54, 1.807) is 0 Å². The Bertz CT molecular complexity index is 763. The van der Waals surface area contributed by atoms with E-state index in [1.165, 1.54) is 11.1 Å². The average Bonchev–Trinajstić information content (AvgIpc) is 2.97. The number of carbonyl (C=O) groups is 1. The number of nitrogens with zero attached hydrogens (tertiary/aromatic N) is 2. The van der Waals surface area contributed by atoms with Crippen LogP contribution in [0.4, 0.5) is 0 Å². The van der Waals surface area contributed by atoms with Crippen LogP contribution in [0.25, 0.3) is 0 Å². The summed E-state index contributed by atoms with van der Waals surface area (Å²) in [6.45, 7) is 5.26. The van der Waals surface area contributed by atoms with Crippen LogP contribution in [0.3, 0.4) is 0 Å². The van der Waals surface area contributed by atoms with Gasteiger partial charge in [0.1, 0.15) is 5.84 Å². The Hall–Kier alpha value is -2.62. The summed E-state index contributed by atoms with van der Waals surface area (Å²) >= 11 is 0. The molecule has 1 heterocycles. The quantitative estimate of drug-likeness (QED) is 0.673. The Morgan fingerprint density at radius 2 is 1.60 bits per heavy atom. The molecule has 3 rings (SSSR count). The Kier molecular flexibility index (Phi) is 5.17. The standard InChI is InChI=1S/C21H25N3O/c1-15-3-7-17(8-4-15)13-23-21(22)19-11-12-20(25)24(19)14-18-9-5-16(2)6-10-18/h3-10,19H,11-14H2,1-2H3,(H2,22,23)/t19-/m0/s1. The van der Waals surface area contributed by atoms with Crippen molar-refractivity contribution in [1.29, 1.82) is 0 Å². The van der Waals surface area contributed by atoms with Crippen LogP contribution in [0, 0.1) is 13.8 Å². The van der Waals surface area contributed by atoms with Gasteiger partial charge in [0.2, 0.25) is 5.91 Å². The lowest BCUT2D eigenvalue weighted by molar-refractivity contribution is -0.128. The van der Waals surface area contributed by atoms with Gasteiger partial charge in [-0.2, -0.15) is 0 Å². The zero-order valence-corrected chi connectivity index (χ0v) is 14.9. The number of hydrogen-bond acceptors (Lipinski definition) is 2. The molecule has 1 atom stereocenters. The smallest absolute Gasteiger partial charge is 0.223 e. The first-order chi connectivity index (χ1) is 12.0. The van der Waals surface area contributed by atoms with Gasteiger partial charge in [0.25, 0.3) is 0 Å². The highest BCUT2D eigenvalue weighted by molar-refractivity contribution is 5.93. The van der Waals surface area contributed by atoms with Crippen molar-refractivity contribution in [3.63, 3.8) is 0 Å². The molecule has 0 unspecified atom stereocenters. The molecule has 4 nitrogen and oxygen atoms in total. The van der Waals surface area contributed by atoms with Crippen LogP contribution in [-0.2, 0) is 17.9 Å². The summed E-state index contributed by atoms with van der Waals surface area (Å²) in [6.07, 6.45) is 1.28. The van der Waals surface area contributed by atoms with Crippen molar-refractivity contribution >= 4 is 11.7 Å². The molecular formula is C21H25N3O. The molecule has 0 aromatic heterocycles. The van der Waals surface area contributed by atoms with Gasteiger partial charge in [0.15, 0.2) is 0 Å². The predicted octanol–water partition coefficient (Wildman–Crippen LogP) is 3.35. The molecule has 1 amide bonds. The van der Waals surface area contributed by atoms with Crippen molar-refractivity contribution in [1.82, 2.24) is 4.90 Å². The molecular weight excluding hydrogens is 310 g/mol. The van der Waals surface area contributed by atoms with Gasteiger partial charge in [-0.15, -0.1) is 0 Å². The Balaban J connectivity index is 1.70. The van der Waals surface area contributed by atoms with Crippen molar-refractivity contribution in [3.05, 3.63) is 70.8 Å². The maximum Gasteiger partial charge on any atom is 0.223 e. The topological polar surface area (TPSA) is 58.7 Å². The van der Waals surface area contributed by atoms with Crippen molar-refractivity contribution < 1.29 is 4.79 Å². The molecule has 4 heteroatoms. The molecule has 2 aromatic rings. The maximum absolute atomic E-state index is 12.3. The summed E-state index contributed by atoms with van der Waals surface area (Å²) in [7, 11) is 0. The molecule has 0 bridgehead atoms. The van der Waals surface area contributed by atoms with Gasteiger partial charge in [-0.1, -0.05) is 59.7 Å². The number of carbonyl (C=O) groups excluding carboxylic acids is 1. The lowest BCUT2D eigenvalue weighted by atomic mass is 10.1. The van der Waals surface area contributed by atoms with E-state index < -0.39 is 0 Å². The van der Waals surface area contributed by atoms with Crippen LogP contribution >= 0.6 is 0 Å². The monoisotopic (exact) mass is 335 g/mol. The summed E-state index contributed by atoms with van der Waals surface area (Å²) in [5.41, 5.74) is 10.9. The van der Waals surface area contributed by atoms with E-state index in [4.69, 9.17) is 5.73 Å². The Labute approximate surface area is 149 Å². The molecule has 0 aliphatic carbocycles. The minimum Gasteiger partial charge on any atom is -0.386 e. The number of amides is 1. The summed E-state index contributed by atoms with van der Waals surface area (Å²) in [6, 6.07) is 16.5. The minimum atomic E-state index is -0.0979. The molecule has 2 N–H and O–H groups in total. The average molecular weight is 335 g/mol. The van der Waals surface area contributed by atoms with Gasteiger partial charge in [0, 0.05) is 13.0 Å². The van der Waals surface area contributed by atoms with Crippen LogP contribution in [-0.4, -0.2) is 22.7 Å². The van der Waals surface area contributed by atoms with E-state index >= 15 is 0 Å². The zero-order valence-electron chi connectivity index (χ0n) is 14.9. The molecule has 0 spiro atoms. The van der Waals surface area contributed by atoms with E-state index in [0.717, 1.165) is 17.5 Å². The van der Waals surface area contributed by atoms with Crippen molar-refractivity contribution in [3.8, 4) is 0 Å². The first-order valence-corrected chi connectivity index (χ1v) is 8.73. The number of hydrogen-bond donors (Lipinski definition) is 1. The fourth-order valence-electron chi connectivity index (χ4n) is 3.11. The second-order valence-electron chi connectivity index (χ2n) is 6.79. The zero-order chi connectivity index (χ0) is 17.8. The van der Waals surface area contributed by atoms with Crippen molar-refractivity contribution in [2.24, 2.45) is 10.7 Å². The van der Waals surface area contributed by atoms with E-state index in [-0.39, 0.29) is 11.9 Å². The number of aliphatic imine (C=N–C) groups is 1. The van der Waals surface area contributed by atoms with Gasteiger partial charge >= 0.3 is 0 Å². The van der Waals surface area contributed by atoms with E-state index in [2.05, 4.69) is 67.4 Å². The van der Waals surface area contributed by atoms with Gasteiger partial charge in [0.05, 0.1) is 12.6 Å². The van der Waals surface area contributed by atoms with Crippen LogP contribution in [0.1, 0.15) is 35.1 Å². The van der Waals surface area contributed by atoms with Gasteiger partial charge in [-0.25, -0.2) is 0 Å². The number of likely N-dealkylation sites (tertiary alicyclic amines) is 1. The molecule has 2 aromatic carbocycles. The highest BCUT2D eigenvalue weighted by Crippen LogP contribution is 2.22. The number of rotatable bonds is 5. The van der Waals surface area contributed by atoms with E-state index in [9.17, 15) is 4.79 Å². The Morgan fingerprint density at radius 1 is 1.04 bits per heavy atom. The lowest BCUT2D eigenvalue weighted by Crippen LogP contribution is -2.42. The number of aryl methyl sites for hydroxylation is 2. The maximum atomic E-state index is 12.3. The molecule has 130 valence electrons. The van der Waals surface area contributed by atoms with E-state index in [0.29, 0.717) is 25.3 Å². The first kappa shape index (κ1) is 17.2. The molecule has 0 radical (unpaired) electrons. The minimum absolute atomic E-state index is 0.0979. The third-order valence-electron chi connectivity index (χ3n) is 4.71. The van der Waals surface area contributed by atoms with E-state index in [1.807, 2.05) is 4.90 Å². The Morgan fingerprint density at radius 3 is 2.20 bits per heavy atom. The van der Waals surface area contributed by atoms with Gasteiger partial charge in [-0.3, -0.25) is 9.79 Å². The molecule has 1 fully saturated rings. The molecule has 25 heavy (non-hydrogen) atoms. The highest BCUT2D eigenvalue weighted by atomic mass is 16.2. The third kappa shape index (κ3) is 4.27. The summed E-state index contributed by atoms with van der Waals surface area (Å²) in [5, 5.41) is 0. The second-order valence-corrected chi connectivity index (χ2v) is 6.79. The normalized spacial score (nSPS) is 18.0. The number of nitrogens with two attached hydrogens (primary N) is 1. The highest BCUT2D eigenvalue weighted by Gasteiger charge is 2.33. The molecule has 1 aliphatic heterocycles. The summed E-state index contributed by atoms with van der Waals surface area (Å²) in [4.78, 5) is 18.7. The number of amidine groups is 1. The van der Waals surface area contributed by atoms with Crippen molar-refractivity contribution in [2.75, 3.05) is 0 Å². The molecule has 0 saturated carbocycles. The van der Waals surface area contributed by atoms with Crippen LogP contribution in [0.2, 0.25) is 0 Å². The molecule has 1 aliphatic rings. The third-order valence-corrected chi connectivity index (χ3v) is 4.71. The molecule has 1 saturated heterocycles. The van der Waals surface area contributed by atoms with Crippen LogP contribution in [0.15, 0.2) is 53.5 Å². The summed E-state index contributed by atoms with van der Waals surface area (Å²) in [5.74, 6) is 0.706. The van der Waals surface area contributed by atoms with Gasteiger partial charge in [-0.05, 0) is 31.4 Å². The second kappa shape index (κ2) is 7.51. The largest absolute Gasteiger partial charge is 0.386 e. The van der Waals surface area contributed by atoms with Crippen molar-refractivity contribution in [2.45, 2.75) is 45.8 Å². The van der Waals surface area contributed by atoms with Crippen LogP contribution in [0.5, 0.6) is 0 Å².